The van der Waals surface area contributed by atoms with Gasteiger partial charge < -0.3 is 23.7 Å². The second-order valence-electron chi connectivity index (χ2n) is 6.53. The van der Waals surface area contributed by atoms with Crippen molar-refractivity contribution in [2.24, 2.45) is 0 Å². The Bertz CT molecular complexity index is 746. The van der Waals surface area contributed by atoms with Gasteiger partial charge in [0.15, 0.2) is 18.3 Å². The third-order valence-corrected chi connectivity index (χ3v) is 4.12. The molecule has 0 aliphatic carbocycles. The van der Waals surface area contributed by atoms with Crippen molar-refractivity contribution in [2.75, 3.05) is 6.61 Å². The van der Waals surface area contributed by atoms with E-state index < -0.39 is 54.4 Å². The van der Waals surface area contributed by atoms with Gasteiger partial charge in [0.05, 0.1) is 0 Å². The van der Waals surface area contributed by atoms with E-state index >= 15 is 0 Å². The van der Waals surface area contributed by atoms with Crippen LogP contribution in [0.5, 0.6) is 0 Å². The molecule has 1 heterocycles. The van der Waals surface area contributed by atoms with E-state index in [4.69, 9.17) is 23.7 Å². The number of rotatable bonds is 6. The summed E-state index contributed by atoms with van der Waals surface area (Å²) in [7, 11) is 0. The van der Waals surface area contributed by atoms with E-state index in [0.717, 1.165) is 0 Å². The van der Waals surface area contributed by atoms with Crippen LogP contribution in [0.3, 0.4) is 0 Å². The lowest BCUT2D eigenvalue weighted by atomic mass is 9.90. The predicted octanol–water partition coefficient (Wildman–Crippen LogP) is 1.48. The quantitative estimate of drug-likeness (QED) is 0.510. The van der Waals surface area contributed by atoms with Gasteiger partial charge in [-0.1, -0.05) is 30.3 Å². The molecule has 0 amide bonds. The second-order valence-corrected chi connectivity index (χ2v) is 6.53. The summed E-state index contributed by atoms with van der Waals surface area (Å²) >= 11 is 0. The largest absolute Gasteiger partial charge is 0.463 e. The molecule has 1 aliphatic rings. The van der Waals surface area contributed by atoms with E-state index in [1.54, 1.807) is 30.3 Å². The van der Waals surface area contributed by atoms with Crippen LogP contribution in [0.1, 0.15) is 39.4 Å². The first kappa shape index (κ1) is 22.4. The summed E-state index contributed by atoms with van der Waals surface area (Å²) in [5.41, 5.74) is 0.644. The van der Waals surface area contributed by atoms with Crippen molar-refractivity contribution in [2.45, 2.75) is 58.2 Å². The average Bonchev–Trinajstić information content (AvgIpc) is 2.63. The Morgan fingerprint density at radius 1 is 0.759 bits per heavy atom. The summed E-state index contributed by atoms with van der Waals surface area (Å²) in [6.07, 6.45) is -5.21. The Balaban J connectivity index is 2.49. The van der Waals surface area contributed by atoms with E-state index in [1.807, 2.05) is 0 Å². The molecule has 9 heteroatoms. The van der Waals surface area contributed by atoms with Crippen molar-refractivity contribution in [3.8, 4) is 0 Å². The van der Waals surface area contributed by atoms with Gasteiger partial charge in [0.25, 0.3) is 0 Å². The highest BCUT2D eigenvalue weighted by atomic mass is 16.7. The van der Waals surface area contributed by atoms with Gasteiger partial charge in [-0.3, -0.25) is 19.2 Å². The standard InChI is InChI=1S/C20H24O9/c1-11(21)25-10-16-18(26-12(2)22)20(28-14(4)24)19(27-13(3)23)17(29-16)15-8-6-5-7-9-15/h5-9,16-20H,10H2,1-4H3/t16-,17+,18-,19-,20+/m1/s1. The predicted molar refractivity (Wildman–Crippen MR) is 97.4 cm³/mol. The number of ether oxygens (including phenoxy) is 5. The molecule has 29 heavy (non-hydrogen) atoms. The molecule has 0 radical (unpaired) electrons. The van der Waals surface area contributed by atoms with Gasteiger partial charge in [-0.2, -0.15) is 0 Å². The number of esters is 4. The molecule has 158 valence electrons. The monoisotopic (exact) mass is 408 g/mol. The van der Waals surface area contributed by atoms with Crippen LogP contribution in [0, 0.1) is 0 Å². The SMILES string of the molecule is CC(=O)OC[C@H]1O[C@@H](c2ccccc2)[C@@H](OC(C)=O)[C@@H](OC(C)=O)[C@@H]1OC(C)=O. The van der Waals surface area contributed by atoms with Crippen LogP contribution in [0.25, 0.3) is 0 Å². The Morgan fingerprint density at radius 3 is 1.79 bits per heavy atom. The number of carbonyl (C=O) groups is 4. The third-order valence-electron chi connectivity index (χ3n) is 4.12. The summed E-state index contributed by atoms with van der Waals surface area (Å²) in [6.45, 7) is 4.55. The fraction of sp³-hybridized carbons (Fsp3) is 0.500. The van der Waals surface area contributed by atoms with Crippen LogP contribution in [0.2, 0.25) is 0 Å². The lowest BCUT2D eigenvalue weighted by Crippen LogP contribution is -2.59. The molecule has 1 fully saturated rings. The van der Waals surface area contributed by atoms with E-state index in [-0.39, 0.29) is 6.61 Å². The van der Waals surface area contributed by atoms with Gasteiger partial charge >= 0.3 is 23.9 Å². The maximum absolute atomic E-state index is 11.8. The van der Waals surface area contributed by atoms with Crippen LogP contribution in [0.15, 0.2) is 30.3 Å². The van der Waals surface area contributed by atoms with Crippen molar-refractivity contribution >= 4 is 23.9 Å². The molecule has 0 saturated carbocycles. The first-order valence-electron chi connectivity index (χ1n) is 9.04. The molecule has 1 aromatic carbocycles. The third kappa shape index (κ3) is 6.28. The van der Waals surface area contributed by atoms with Crippen LogP contribution in [0.4, 0.5) is 0 Å². The van der Waals surface area contributed by atoms with Gasteiger partial charge in [0, 0.05) is 27.7 Å². The maximum atomic E-state index is 11.8. The molecule has 0 aromatic heterocycles. The summed E-state index contributed by atoms with van der Waals surface area (Å²) in [5, 5.41) is 0. The fourth-order valence-electron chi connectivity index (χ4n) is 3.14. The number of carbonyl (C=O) groups excluding carboxylic acids is 4. The Kier molecular flexibility index (Phi) is 7.72. The van der Waals surface area contributed by atoms with Gasteiger partial charge in [-0.15, -0.1) is 0 Å². The minimum absolute atomic E-state index is 0.249. The summed E-state index contributed by atoms with van der Waals surface area (Å²) in [5.74, 6) is -2.51. The number of hydrogen-bond donors (Lipinski definition) is 0. The van der Waals surface area contributed by atoms with Gasteiger partial charge in [-0.05, 0) is 5.56 Å². The molecule has 0 unspecified atom stereocenters. The molecule has 1 aromatic rings. The van der Waals surface area contributed by atoms with Crippen molar-refractivity contribution in [3.05, 3.63) is 35.9 Å². The number of benzene rings is 1. The van der Waals surface area contributed by atoms with Gasteiger partial charge in [0.2, 0.25) is 0 Å². The van der Waals surface area contributed by atoms with Crippen LogP contribution < -0.4 is 0 Å². The van der Waals surface area contributed by atoms with E-state index in [2.05, 4.69) is 0 Å². The Labute approximate surface area is 168 Å². The molecule has 9 nitrogen and oxygen atoms in total. The Hall–Kier alpha value is -2.94. The van der Waals surface area contributed by atoms with Crippen molar-refractivity contribution in [1.29, 1.82) is 0 Å². The van der Waals surface area contributed by atoms with Crippen molar-refractivity contribution < 1.29 is 42.9 Å². The molecule has 2 rings (SSSR count). The zero-order chi connectivity index (χ0) is 21.6. The normalized spacial score (nSPS) is 26.1. The first-order valence-corrected chi connectivity index (χ1v) is 9.04. The number of hydrogen-bond acceptors (Lipinski definition) is 9. The molecule has 1 saturated heterocycles. The van der Waals surface area contributed by atoms with Crippen LogP contribution >= 0.6 is 0 Å². The highest BCUT2D eigenvalue weighted by molar-refractivity contribution is 5.68. The molecule has 5 atom stereocenters. The summed E-state index contributed by atoms with van der Waals surface area (Å²) in [6, 6.07) is 8.84. The molecular weight excluding hydrogens is 384 g/mol. The lowest BCUT2D eigenvalue weighted by Gasteiger charge is -2.44. The van der Waals surface area contributed by atoms with Crippen LogP contribution in [-0.4, -0.2) is 54.9 Å². The minimum atomic E-state index is -1.17. The van der Waals surface area contributed by atoms with Crippen molar-refractivity contribution in [1.82, 2.24) is 0 Å². The zero-order valence-corrected chi connectivity index (χ0v) is 16.7. The highest BCUT2D eigenvalue weighted by Crippen LogP contribution is 2.37. The molecular formula is C20H24O9. The van der Waals surface area contributed by atoms with Gasteiger partial charge in [0.1, 0.15) is 18.8 Å². The van der Waals surface area contributed by atoms with Crippen LogP contribution in [-0.2, 0) is 42.9 Å². The smallest absolute Gasteiger partial charge is 0.303 e. The van der Waals surface area contributed by atoms with Crippen molar-refractivity contribution in [3.63, 3.8) is 0 Å². The Morgan fingerprint density at radius 2 is 1.28 bits per heavy atom. The highest BCUT2D eigenvalue weighted by Gasteiger charge is 2.52. The summed E-state index contributed by atoms with van der Waals surface area (Å²) < 4.78 is 27.2. The molecule has 0 bridgehead atoms. The van der Waals surface area contributed by atoms with E-state index in [0.29, 0.717) is 5.56 Å². The lowest BCUT2D eigenvalue weighted by molar-refractivity contribution is -0.254. The topological polar surface area (TPSA) is 114 Å². The molecule has 0 spiro atoms. The summed E-state index contributed by atoms with van der Waals surface area (Å²) in [4.78, 5) is 46.5. The zero-order valence-electron chi connectivity index (χ0n) is 16.7. The maximum Gasteiger partial charge on any atom is 0.303 e. The fourth-order valence-corrected chi connectivity index (χ4v) is 3.14. The van der Waals surface area contributed by atoms with E-state index in [1.165, 1.54) is 27.7 Å². The van der Waals surface area contributed by atoms with E-state index in [9.17, 15) is 19.2 Å². The first-order chi connectivity index (χ1) is 13.7. The molecule has 0 N–H and O–H groups in total. The minimum Gasteiger partial charge on any atom is -0.463 e. The van der Waals surface area contributed by atoms with Gasteiger partial charge in [-0.25, -0.2) is 0 Å². The molecule has 1 aliphatic heterocycles. The average molecular weight is 408 g/mol. The second kappa shape index (κ2) is 10.0.